The minimum atomic E-state index is -0.799. The van der Waals surface area contributed by atoms with Crippen molar-refractivity contribution in [3.05, 3.63) is 101 Å². The molecule has 0 spiro atoms. The summed E-state index contributed by atoms with van der Waals surface area (Å²) in [6.45, 7) is 0.379. The highest BCUT2D eigenvalue weighted by Gasteiger charge is 2.25. The summed E-state index contributed by atoms with van der Waals surface area (Å²) in [5.74, 6) is 1.05. The average molecular weight is 661 g/mol. The van der Waals surface area contributed by atoms with E-state index in [1.165, 1.54) is 0 Å². The lowest BCUT2D eigenvalue weighted by Gasteiger charge is -2.20. The van der Waals surface area contributed by atoms with Crippen molar-refractivity contribution >= 4 is 57.7 Å². The third kappa shape index (κ3) is 7.51. The zero-order chi connectivity index (χ0) is 32.8. The average Bonchev–Trinajstić information content (AvgIpc) is 3.41. The number of nitrogens with two attached hydrogens (primary N) is 2. The zero-order valence-electron chi connectivity index (χ0n) is 24.7. The summed E-state index contributed by atoms with van der Waals surface area (Å²) in [6, 6.07) is 23.4. The Bertz CT molecular complexity index is 1910. The van der Waals surface area contributed by atoms with Gasteiger partial charge in [-0.25, -0.2) is 4.98 Å². The molecular formula is C33H31Cl2N7O4. The molecule has 236 valence electrons. The number of methoxy groups -OCH3 is 1. The molecule has 0 aliphatic heterocycles. The van der Waals surface area contributed by atoms with Crippen LogP contribution >= 0.6 is 23.2 Å². The van der Waals surface area contributed by atoms with Gasteiger partial charge in [0.2, 0.25) is 5.91 Å². The number of carbonyl (C=O) groups excluding carboxylic acids is 2. The van der Waals surface area contributed by atoms with Gasteiger partial charge in [0.25, 0.3) is 5.91 Å². The molecule has 11 nitrogen and oxygen atoms in total. The van der Waals surface area contributed by atoms with Crippen LogP contribution in [-0.4, -0.2) is 41.0 Å². The number of rotatable bonds is 12. The van der Waals surface area contributed by atoms with Crippen LogP contribution < -0.4 is 31.6 Å². The maximum atomic E-state index is 13.2. The van der Waals surface area contributed by atoms with Crippen LogP contribution in [0.25, 0.3) is 22.4 Å². The van der Waals surface area contributed by atoms with Crippen LogP contribution in [0.4, 0.5) is 5.69 Å². The lowest BCUT2D eigenvalue weighted by atomic mass is 10.1. The molecule has 7 N–H and O–H groups in total. The van der Waals surface area contributed by atoms with Gasteiger partial charge < -0.3 is 36.1 Å². The van der Waals surface area contributed by atoms with E-state index >= 15 is 0 Å². The first kappa shape index (κ1) is 32.1. The minimum Gasteiger partial charge on any atom is -0.497 e. The van der Waals surface area contributed by atoms with Crippen molar-refractivity contribution in [3.63, 3.8) is 0 Å². The summed E-state index contributed by atoms with van der Waals surface area (Å²) >= 11 is 12.2. The molecule has 1 atom stereocenters. The molecule has 0 saturated carbocycles. The molecule has 5 rings (SSSR count). The lowest BCUT2D eigenvalue weighted by Crippen LogP contribution is -2.32. The van der Waals surface area contributed by atoms with E-state index in [9.17, 15) is 9.59 Å². The Hall–Kier alpha value is -5.26. The largest absolute Gasteiger partial charge is 0.497 e. The molecule has 0 fully saturated rings. The van der Waals surface area contributed by atoms with Crippen LogP contribution in [-0.2, 0) is 4.79 Å². The van der Waals surface area contributed by atoms with Crippen LogP contribution in [0.2, 0.25) is 10.0 Å². The van der Waals surface area contributed by atoms with E-state index in [1.807, 2.05) is 6.07 Å². The highest BCUT2D eigenvalue weighted by molar-refractivity contribution is 6.42. The molecule has 13 heteroatoms. The van der Waals surface area contributed by atoms with Crippen molar-refractivity contribution in [1.82, 2.24) is 14.9 Å². The fourth-order valence-corrected chi connectivity index (χ4v) is 5.22. The number of nitrogens with one attached hydrogen (secondary N) is 3. The highest BCUT2D eigenvalue weighted by atomic mass is 35.5. The van der Waals surface area contributed by atoms with Gasteiger partial charge >= 0.3 is 0 Å². The maximum Gasteiger partial charge on any atom is 0.255 e. The maximum absolute atomic E-state index is 13.2. The summed E-state index contributed by atoms with van der Waals surface area (Å²) in [4.78, 5) is 31.0. The Kier molecular flexibility index (Phi) is 9.94. The number of hydrogen-bond donors (Lipinski definition) is 5. The van der Waals surface area contributed by atoms with E-state index < -0.39 is 11.9 Å². The number of hydrogen-bond acceptors (Lipinski definition) is 6. The predicted octanol–water partition coefficient (Wildman–Crippen LogP) is 6.35. The number of primary amides is 1. The SMILES string of the molecule is COc1ccc(NC(=O)c2ccc3c(c2)nc(-c2cccc(Oc4ccc(Cl)c(Cl)c4)c2)n3[C@@H](CCCNC(=N)N)C(N)=O)cc1. The van der Waals surface area contributed by atoms with Crippen molar-refractivity contribution in [2.45, 2.75) is 18.9 Å². The van der Waals surface area contributed by atoms with Gasteiger partial charge in [-0.3, -0.25) is 15.0 Å². The predicted molar refractivity (Wildman–Crippen MR) is 180 cm³/mol. The number of halogens is 2. The van der Waals surface area contributed by atoms with Crippen LogP contribution in [0.1, 0.15) is 29.2 Å². The molecule has 1 aromatic heterocycles. The summed E-state index contributed by atoms with van der Waals surface area (Å²) in [7, 11) is 1.57. The van der Waals surface area contributed by atoms with Crippen molar-refractivity contribution in [3.8, 4) is 28.6 Å². The number of fused-ring (bicyclic) bond motifs is 1. The molecule has 4 aromatic carbocycles. The van der Waals surface area contributed by atoms with Crippen molar-refractivity contribution < 1.29 is 19.1 Å². The third-order valence-corrected chi connectivity index (χ3v) is 7.87. The van der Waals surface area contributed by atoms with E-state index in [0.717, 1.165) is 0 Å². The second kappa shape index (κ2) is 14.2. The Balaban J connectivity index is 1.53. The zero-order valence-corrected chi connectivity index (χ0v) is 26.2. The van der Waals surface area contributed by atoms with Crippen molar-refractivity contribution in [2.24, 2.45) is 11.5 Å². The van der Waals surface area contributed by atoms with Crippen molar-refractivity contribution in [2.75, 3.05) is 19.0 Å². The van der Waals surface area contributed by atoms with Gasteiger partial charge in [-0.15, -0.1) is 0 Å². The first-order chi connectivity index (χ1) is 22.1. The quantitative estimate of drug-likeness (QED) is 0.0590. The number of carbonyl (C=O) groups is 2. The number of amides is 2. The minimum absolute atomic E-state index is 0.163. The molecule has 0 bridgehead atoms. The molecular weight excluding hydrogens is 629 g/mol. The van der Waals surface area contributed by atoms with Gasteiger partial charge in [0.05, 0.1) is 28.2 Å². The summed E-state index contributed by atoms with van der Waals surface area (Å²) in [6.07, 6.45) is 0.836. The van der Waals surface area contributed by atoms with E-state index in [0.29, 0.717) is 80.4 Å². The van der Waals surface area contributed by atoms with Gasteiger partial charge in [0.1, 0.15) is 29.1 Å². The van der Waals surface area contributed by atoms with E-state index in [1.54, 1.807) is 90.5 Å². The van der Waals surface area contributed by atoms with Gasteiger partial charge in [-0.2, -0.15) is 0 Å². The van der Waals surface area contributed by atoms with Crippen molar-refractivity contribution in [1.29, 1.82) is 5.41 Å². The molecule has 5 aromatic rings. The summed E-state index contributed by atoms with van der Waals surface area (Å²) in [5.41, 5.74) is 14.1. The number of imidazole rings is 1. The summed E-state index contributed by atoms with van der Waals surface area (Å²) < 4.78 is 13.0. The number of guanidine groups is 1. The third-order valence-electron chi connectivity index (χ3n) is 7.13. The van der Waals surface area contributed by atoms with E-state index in [-0.39, 0.29) is 11.9 Å². The number of nitrogens with zero attached hydrogens (tertiary/aromatic N) is 2. The number of aromatic nitrogens is 2. The molecule has 0 aliphatic carbocycles. The number of ether oxygens (including phenoxy) is 2. The van der Waals surface area contributed by atoms with Gasteiger partial charge in [-0.05, 0) is 79.6 Å². The second-order valence-corrected chi connectivity index (χ2v) is 11.1. The molecule has 0 radical (unpaired) electrons. The molecule has 0 saturated heterocycles. The summed E-state index contributed by atoms with van der Waals surface area (Å²) in [5, 5.41) is 13.8. The smallest absolute Gasteiger partial charge is 0.255 e. The van der Waals surface area contributed by atoms with Crippen LogP contribution in [0.15, 0.2) is 84.9 Å². The van der Waals surface area contributed by atoms with Gasteiger partial charge in [-0.1, -0.05) is 35.3 Å². The Morgan fingerprint density at radius 1 is 0.935 bits per heavy atom. The Labute approximate surface area is 274 Å². The second-order valence-electron chi connectivity index (χ2n) is 10.3. The monoisotopic (exact) mass is 659 g/mol. The van der Waals surface area contributed by atoms with Crippen LogP contribution in [0.5, 0.6) is 17.2 Å². The van der Waals surface area contributed by atoms with Gasteiger partial charge in [0, 0.05) is 29.4 Å². The van der Waals surface area contributed by atoms with E-state index in [2.05, 4.69) is 10.6 Å². The number of benzene rings is 4. The molecule has 0 unspecified atom stereocenters. The normalized spacial score (nSPS) is 11.5. The van der Waals surface area contributed by atoms with E-state index in [4.69, 9.17) is 54.5 Å². The first-order valence-corrected chi connectivity index (χ1v) is 15.0. The lowest BCUT2D eigenvalue weighted by molar-refractivity contribution is -0.121. The topological polar surface area (TPSA) is 170 Å². The fourth-order valence-electron chi connectivity index (χ4n) is 4.93. The highest BCUT2D eigenvalue weighted by Crippen LogP contribution is 2.35. The Morgan fingerprint density at radius 2 is 1.67 bits per heavy atom. The number of anilines is 1. The molecule has 1 heterocycles. The van der Waals surface area contributed by atoms with Gasteiger partial charge in [0.15, 0.2) is 5.96 Å². The van der Waals surface area contributed by atoms with Crippen LogP contribution in [0.3, 0.4) is 0 Å². The molecule has 2 amide bonds. The Morgan fingerprint density at radius 3 is 2.37 bits per heavy atom. The molecule has 46 heavy (non-hydrogen) atoms. The first-order valence-electron chi connectivity index (χ1n) is 14.2. The van der Waals surface area contributed by atoms with Crippen LogP contribution in [0, 0.1) is 5.41 Å². The molecule has 0 aliphatic rings. The standard InChI is InChI=1S/C33H31Cl2N7O4/c1-45-22-10-8-21(9-11-22)40-32(44)20-7-14-28-27(17-20)41-31(42(28)29(30(36)43)6-3-15-39-33(37)38)19-4-2-5-23(16-19)46-24-12-13-25(34)26(35)18-24/h2,4-5,7-14,16-18,29H,3,6,15H2,1H3,(H2,36,43)(H,40,44)(H4,37,38,39)/t29-/m0/s1. The fraction of sp³-hybridized carbons (Fsp3) is 0.152.